The van der Waals surface area contributed by atoms with Gasteiger partial charge in [-0.1, -0.05) is 0 Å². The smallest absolute Gasteiger partial charge is 0.325 e. The van der Waals surface area contributed by atoms with E-state index in [1.54, 1.807) is 31.4 Å². The second-order valence-corrected chi connectivity index (χ2v) is 3.47. The maximum atomic E-state index is 11.3. The van der Waals surface area contributed by atoms with Crippen molar-refractivity contribution in [2.45, 2.75) is 6.42 Å². The van der Waals surface area contributed by atoms with E-state index in [0.717, 1.165) is 5.69 Å². The molecule has 0 atom stereocenters. The van der Waals surface area contributed by atoms with E-state index in [0.29, 0.717) is 19.6 Å². The Balaban J connectivity index is 2.17. The van der Waals surface area contributed by atoms with Crippen molar-refractivity contribution in [3.05, 3.63) is 24.3 Å². The third-order valence-electron chi connectivity index (χ3n) is 2.06. The number of anilines is 1. The molecule has 0 amide bonds. The van der Waals surface area contributed by atoms with Crippen LogP contribution in [0.15, 0.2) is 24.3 Å². The van der Waals surface area contributed by atoms with Gasteiger partial charge >= 0.3 is 5.97 Å². The summed E-state index contributed by atoms with van der Waals surface area (Å²) in [6.07, 6.45) is 0.696. The van der Waals surface area contributed by atoms with Crippen LogP contribution >= 0.6 is 0 Å². The Morgan fingerprint density at radius 3 is 2.65 bits per heavy atom. The molecule has 0 unspecified atom stereocenters. The largest absolute Gasteiger partial charge is 0.508 e. The molecule has 0 aliphatic rings. The fourth-order valence-corrected chi connectivity index (χ4v) is 1.19. The molecule has 0 radical (unpaired) electrons. The molecule has 0 spiro atoms. The van der Waals surface area contributed by atoms with E-state index in [1.165, 1.54) is 0 Å². The summed E-state index contributed by atoms with van der Waals surface area (Å²) in [4.78, 5) is 11.3. The maximum absolute atomic E-state index is 11.3. The lowest BCUT2D eigenvalue weighted by Crippen LogP contribution is -2.17. The molecule has 0 bridgehead atoms. The normalized spacial score (nSPS) is 9.94. The number of carbonyl (C=O) groups excluding carboxylic acids is 1. The lowest BCUT2D eigenvalue weighted by atomic mass is 10.3. The molecule has 17 heavy (non-hydrogen) atoms. The molecular weight excluding hydrogens is 222 g/mol. The van der Waals surface area contributed by atoms with Crippen molar-refractivity contribution in [2.24, 2.45) is 0 Å². The number of methoxy groups -OCH3 is 1. The van der Waals surface area contributed by atoms with Crippen molar-refractivity contribution in [1.29, 1.82) is 0 Å². The van der Waals surface area contributed by atoms with Crippen LogP contribution in [0.25, 0.3) is 0 Å². The van der Waals surface area contributed by atoms with Gasteiger partial charge < -0.3 is 19.9 Å². The Morgan fingerprint density at radius 2 is 2.00 bits per heavy atom. The van der Waals surface area contributed by atoms with Crippen LogP contribution in [0.1, 0.15) is 6.42 Å². The number of carbonyl (C=O) groups is 1. The summed E-state index contributed by atoms with van der Waals surface area (Å²) >= 11 is 0. The van der Waals surface area contributed by atoms with Crippen LogP contribution in [0.2, 0.25) is 0 Å². The first-order valence-electron chi connectivity index (χ1n) is 5.40. The van der Waals surface area contributed by atoms with Crippen molar-refractivity contribution >= 4 is 11.7 Å². The second kappa shape index (κ2) is 7.51. The Bertz CT molecular complexity index is 337. The third kappa shape index (κ3) is 5.77. The molecule has 0 aliphatic heterocycles. The van der Waals surface area contributed by atoms with Crippen LogP contribution < -0.4 is 5.32 Å². The summed E-state index contributed by atoms with van der Waals surface area (Å²) in [6.45, 7) is 1.06. The number of phenolic OH excluding ortho intramolecular Hbond substituents is 1. The van der Waals surface area contributed by atoms with Crippen LogP contribution in [-0.2, 0) is 14.3 Å². The molecule has 0 heterocycles. The van der Waals surface area contributed by atoms with E-state index in [4.69, 9.17) is 14.6 Å². The highest BCUT2D eigenvalue weighted by Gasteiger charge is 2.02. The zero-order valence-electron chi connectivity index (χ0n) is 9.81. The van der Waals surface area contributed by atoms with Crippen molar-refractivity contribution in [1.82, 2.24) is 0 Å². The number of rotatable bonds is 7. The van der Waals surface area contributed by atoms with E-state index in [9.17, 15) is 4.79 Å². The Labute approximate surface area is 100 Å². The fourth-order valence-electron chi connectivity index (χ4n) is 1.19. The highest BCUT2D eigenvalue weighted by Crippen LogP contribution is 2.13. The molecule has 1 aromatic rings. The van der Waals surface area contributed by atoms with E-state index in [2.05, 4.69) is 5.32 Å². The van der Waals surface area contributed by atoms with Gasteiger partial charge in [-0.25, -0.2) is 0 Å². The molecule has 0 saturated heterocycles. The fraction of sp³-hybridized carbons (Fsp3) is 0.417. The molecule has 0 aromatic heterocycles. The summed E-state index contributed by atoms with van der Waals surface area (Å²) in [5, 5.41) is 12.0. The zero-order chi connectivity index (χ0) is 12.5. The van der Waals surface area contributed by atoms with Crippen LogP contribution in [0.5, 0.6) is 5.75 Å². The summed E-state index contributed by atoms with van der Waals surface area (Å²) in [7, 11) is 1.61. The molecule has 0 fully saturated rings. The molecule has 1 rings (SSSR count). The number of hydrogen-bond acceptors (Lipinski definition) is 5. The molecule has 1 aromatic carbocycles. The number of esters is 1. The number of nitrogens with one attached hydrogen (secondary N) is 1. The molecule has 0 saturated carbocycles. The first kappa shape index (κ1) is 13.3. The van der Waals surface area contributed by atoms with Gasteiger partial charge in [-0.2, -0.15) is 0 Å². The average molecular weight is 239 g/mol. The molecule has 0 aliphatic carbocycles. The van der Waals surface area contributed by atoms with Gasteiger partial charge in [0.05, 0.1) is 6.61 Å². The van der Waals surface area contributed by atoms with E-state index in [-0.39, 0.29) is 18.3 Å². The van der Waals surface area contributed by atoms with Crippen LogP contribution in [-0.4, -0.2) is 37.9 Å². The summed E-state index contributed by atoms with van der Waals surface area (Å²) in [6, 6.07) is 6.47. The SMILES string of the molecule is COCCCOC(=O)CNc1ccc(O)cc1. The summed E-state index contributed by atoms with van der Waals surface area (Å²) < 4.78 is 9.79. The van der Waals surface area contributed by atoms with E-state index in [1.807, 2.05) is 0 Å². The molecule has 5 nitrogen and oxygen atoms in total. The van der Waals surface area contributed by atoms with Crippen molar-refractivity contribution in [3.8, 4) is 5.75 Å². The lowest BCUT2D eigenvalue weighted by molar-refractivity contribution is -0.141. The van der Waals surface area contributed by atoms with Gasteiger partial charge in [0.1, 0.15) is 12.3 Å². The minimum absolute atomic E-state index is 0.109. The minimum atomic E-state index is -0.311. The van der Waals surface area contributed by atoms with Gasteiger partial charge in [-0.15, -0.1) is 0 Å². The Morgan fingerprint density at radius 1 is 1.29 bits per heavy atom. The van der Waals surface area contributed by atoms with Gasteiger partial charge in [0.25, 0.3) is 0 Å². The average Bonchev–Trinajstić information content (AvgIpc) is 2.34. The molecule has 2 N–H and O–H groups in total. The van der Waals surface area contributed by atoms with Gasteiger partial charge in [0, 0.05) is 25.8 Å². The van der Waals surface area contributed by atoms with Gasteiger partial charge in [-0.3, -0.25) is 4.79 Å². The van der Waals surface area contributed by atoms with Gasteiger partial charge in [0.15, 0.2) is 0 Å². The predicted molar refractivity (Wildman–Crippen MR) is 64.0 cm³/mol. The van der Waals surface area contributed by atoms with Crippen molar-refractivity contribution in [2.75, 3.05) is 32.2 Å². The Hall–Kier alpha value is -1.75. The second-order valence-electron chi connectivity index (χ2n) is 3.47. The lowest BCUT2D eigenvalue weighted by Gasteiger charge is -2.07. The van der Waals surface area contributed by atoms with E-state index >= 15 is 0 Å². The van der Waals surface area contributed by atoms with Gasteiger partial charge in [0.2, 0.25) is 0 Å². The number of benzene rings is 1. The zero-order valence-corrected chi connectivity index (χ0v) is 9.81. The summed E-state index contributed by atoms with van der Waals surface area (Å²) in [5.41, 5.74) is 0.761. The van der Waals surface area contributed by atoms with E-state index < -0.39 is 0 Å². The maximum Gasteiger partial charge on any atom is 0.325 e. The number of aromatic hydroxyl groups is 1. The predicted octanol–water partition coefficient (Wildman–Crippen LogP) is 1.38. The minimum Gasteiger partial charge on any atom is -0.508 e. The molecular formula is C12H17NO4. The molecule has 94 valence electrons. The standard InChI is InChI=1S/C12H17NO4/c1-16-7-2-8-17-12(15)9-13-10-3-5-11(14)6-4-10/h3-6,13-14H,2,7-9H2,1H3. The van der Waals surface area contributed by atoms with Crippen LogP contribution in [0, 0.1) is 0 Å². The van der Waals surface area contributed by atoms with Crippen LogP contribution in [0.3, 0.4) is 0 Å². The first-order chi connectivity index (χ1) is 8.22. The van der Waals surface area contributed by atoms with Crippen LogP contribution in [0.4, 0.5) is 5.69 Å². The quantitative estimate of drug-likeness (QED) is 0.427. The molecule has 5 heteroatoms. The number of phenols is 1. The highest BCUT2D eigenvalue weighted by molar-refractivity contribution is 5.74. The number of ether oxygens (including phenoxy) is 2. The highest BCUT2D eigenvalue weighted by atomic mass is 16.5. The number of hydrogen-bond donors (Lipinski definition) is 2. The third-order valence-corrected chi connectivity index (χ3v) is 2.06. The summed E-state index contributed by atoms with van der Waals surface area (Å²) in [5.74, 6) is -0.119. The Kier molecular flexibility index (Phi) is 5.88. The first-order valence-corrected chi connectivity index (χ1v) is 5.40. The van der Waals surface area contributed by atoms with Crippen molar-refractivity contribution in [3.63, 3.8) is 0 Å². The monoisotopic (exact) mass is 239 g/mol. The van der Waals surface area contributed by atoms with Gasteiger partial charge in [-0.05, 0) is 24.3 Å². The van der Waals surface area contributed by atoms with Crippen molar-refractivity contribution < 1.29 is 19.4 Å². The topological polar surface area (TPSA) is 67.8 Å².